The molecule has 0 heterocycles. The van der Waals surface area contributed by atoms with Crippen LogP contribution in [0.15, 0.2) is 34.6 Å². The quantitative estimate of drug-likeness (QED) is 0.348. The SMILES string of the molecule is CN(C)N=Nc1ccc(CCC(=O)NN)cc1. The molecule has 1 rings (SSSR count). The second-order valence-corrected chi connectivity index (χ2v) is 3.77. The van der Waals surface area contributed by atoms with E-state index in [1.807, 2.05) is 38.4 Å². The van der Waals surface area contributed by atoms with Gasteiger partial charge in [-0.25, -0.2) is 5.84 Å². The van der Waals surface area contributed by atoms with Crippen LogP contribution in [-0.2, 0) is 11.2 Å². The first-order chi connectivity index (χ1) is 8.11. The molecular formula is C11H17N5O. The zero-order valence-electron chi connectivity index (χ0n) is 10.1. The second kappa shape index (κ2) is 6.59. The fourth-order valence-electron chi connectivity index (χ4n) is 1.20. The lowest BCUT2D eigenvalue weighted by molar-refractivity contribution is -0.121. The Morgan fingerprint density at radius 3 is 2.53 bits per heavy atom. The summed E-state index contributed by atoms with van der Waals surface area (Å²) in [5.41, 5.74) is 3.95. The number of amides is 1. The van der Waals surface area contributed by atoms with Crippen molar-refractivity contribution >= 4 is 11.6 Å². The summed E-state index contributed by atoms with van der Waals surface area (Å²) in [4.78, 5) is 11.0. The molecule has 0 spiro atoms. The maximum atomic E-state index is 11.0. The number of rotatable bonds is 5. The molecule has 6 nitrogen and oxygen atoms in total. The van der Waals surface area contributed by atoms with Gasteiger partial charge >= 0.3 is 0 Å². The van der Waals surface area contributed by atoms with Gasteiger partial charge in [-0.1, -0.05) is 17.4 Å². The van der Waals surface area contributed by atoms with Gasteiger partial charge in [-0.2, -0.15) is 0 Å². The van der Waals surface area contributed by atoms with Gasteiger partial charge in [0.05, 0.1) is 5.69 Å². The van der Waals surface area contributed by atoms with Crippen LogP contribution in [0.1, 0.15) is 12.0 Å². The van der Waals surface area contributed by atoms with Crippen LogP contribution in [0.4, 0.5) is 5.69 Å². The molecular weight excluding hydrogens is 218 g/mol. The number of nitrogens with one attached hydrogen (secondary N) is 1. The number of carbonyl (C=O) groups excluding carboxylic acids is 1. The van der Waals surface area contributed by atoms with E-state index >= 15 is 0 Å². The van der Waals surface area contributed by atoms with Gasteiger partial charge in [-0.05, 0) is 24.1 Å². The van der Waals surface area contributed by atoms with Crippen molar-refractivity contribution in [3.05, 3.63) is 29.8 Å². The van der Waals surface area contributed by atoms with Crippen molar-refractivity contribution in [2.45, 2.75) is 12.8 Å². The van der Waals surface area contributed by atoms with Crippen LogP contribution in [0.25, 0.3) is 0 Å². The molecule has 0 bridgehead atoms. The minimum atomic E-state index is -0.165. The first-order valence-electron chi connectivity index (χ1n) is 5.29. The van der Waals surface area contributed by atoms with Crippen molar-refractivity contribution in [1.82, 2.24) is 10.4 Å². The van der Waals surface area contributed by atoms with Crippen molar-refractivity contribution < 1.29 is 4.79 Å². The molecule has 0 aliphatic heterocycles. The van der Waals surface area contributed by atoms with E-state index in [-0.39, 0.29) is 5.91 Å². The largest absolute Gasteiger partial charge is 0.294 e. The molecule has 0 fully saturated rings. The van der Waals surface area contributed by atoms with Gasteiger partial charge in [0, 0.05) is 20.5 Å². The predicted molar refractivity (Wildman–Crippen MR) is 65.3 cm³/mol. The van der Waals surface area contributed by atoms with Gasteiger partial charge in [0.15, 0.2) is 0 Å². The first kappa shape index (κ1) is 13.1. The molecule has 0 saturated carbocycles. The van der Waals surface area contributed by atoms with Gasteiger partial charge in [-0.15, -0.1) is 5.11 Å². The molecule has 0 aliphatic carbocycles. The Kier molecular flexibility index (Phi) is 5.09. The van der Waals surface area contributed by atoms with E-state index in [2.05, 4.69) is 15.8 Å². The molecule has 1 amide bonds. The van der Waals surface area contributed by atoms with E-state index in [1.165, 1.54) is 0 Å². The summed E-state index contributed by atoms with van der Waals surface area (Å²) in [7, 11) is 3.62. The number of benzene rings is 1. The smallest absolute Gasteiger partial charge is 0.234 e. The summed E-state index contributed by atoms with van der Waals surface area (Å²) in [6.45, 7) is 0. The highest BCUT2D eigenvalue weighted by Gasteiger charge is 1.99. The van der Waals surface area contributed by atoms with Crippen LogP contribution < -0.4 is 11.3 Å². The number of nitrogens with two attached hydrogens (primary N) is 1. The Balaban J connectivity index is 2.53. The molecule has 0 aliphatic rings. The van der Waals surface area contributed by atoms with E-state index in [4.69, 9.17) is 5.84 Å². The zero-order valence-corrected chi connectivity index (χ0v) is 10.1. The Bertz CT molecular complexity index is 385. The van der Waals surface area contributed by atoms with Crippen molar-refractivity contribution in [3.63, 3.8) is 0 Å². The minimum Gasteiger partial charge on any atom is -0.294 e. The Hall–Kier alpha value is -1.95. The summed E-state index contributed by atoms with van der Waals surface area (Å²) in [5, 5.41) is 9.52. The molecule has 1 aromatic rings. The highest BCUT2D eigenvalue weighted by molar-refractivity contribution is 5.75. The molecule has 0 saturated heterocycles. The average Bonchev–Trinajstić information content (AvgIpc) is 2.34. The van der Waals surface area contributed by atoms with Crippen molar-refractivity contribution in [2.24, 2.45) is 16.2 Å². The average molecular weight is 235 g/mol. The summed E-state index contributed by atoms with van der Waals surface area (Å²) in [6, 6.07) is 7.58. The second-order valence-electron chi connectivity index (χ2n) is 3.77. The zero-order chi connectivity index (χ0) is 12.7. The number of hydrazine groups is 1. The lowest BCUT2D eigenvalue weighted by atomic mass is 10.1. The fourth-order valence-corrected chi connectivity index (χ4v) is 1.20. The lowest BCUT2D eigenvalue weighted by Gasteiger charge is -2.02. The highest BCUT2D eigenvalue weighted by Crippen LogP contribution is 2.14. The number of hydrogen-bond acceptors (Lipinski definition) is 4. The van der Waals surface area contributed by atoms with Crippen LogP contribution in [-0.4, -0.2) is 25.0 Å². The standard InChI is InChI=1S/C11H17N5O/c1-16(2)15-14-10-6-3-9(4-7-10)5-8-11(17)13-12/h3-4,6-7H,5,8,12H2,1-2H3,(H,13,17). The molecule has 0 atom stereocenters. The number of aryl methyl sites for hydroxylation is 1. The number of carbonyl (C=O) groups is 1. The normalized spacial score (nSPS) is 10.5. The van der Waals surface area contributed by atoms with Crippen LogP contribution >= 0.6 is 0 Å². The predicted octanol–water partition coefficient (Wildman–Crippen LogP) is 1.17. The Morgan fingerprint density at radius 1 is 1.35 bits per heavy atom. The highest BCUT2D eigenvalue weighted by atomic mass is 16.2. The van der Waals surface area contributed by atoms with E-state index < -0.39 is 0 Å². The molecule has 0 radical (unpaired) electrons. The van der Waals surface area contributed by atoms with Crippen LogP contribution in [0.2, 0.25) is 0 Å². The molecule has 0 unspecified atom stereocenters. The fraction of sp³-hybridized carbons (Fsp3) is 0.364. The van der Waals surface area contributed by atoms with E-state index in [1.54, 1.807) is 5.01 Å². The van der Waals surface area contributed by atoms with Gasteiger partial charge < -0.3 is 0 Å². The van der Waals surface area contributed by atoms with Gasteiger partial charge in [0.25, 0.3) is 0 Å². The number of nitrogens with zero attached hydrogens (tertiary/aromatic N) is 3. The van der Waals surface area contributed by atoms with Crippen LogP contribution in [0, 0.1) is 0 Å². The summed E-state index contributed by atoms with van der Waals surface area (Å²) in [6.07, 6.45) is 1.04. The van der Waals surface area contributed by atoms with Gasteiger partial charge in [0.1, 0.15) is 0 Å². The molecule has 17 heavy (non-hydrogen) atoms. The molecule has 1 aromatic carbocycles. The molecule has 3 N–H and O–H groups in total. The topological polar surface area (TPSA) is 83.1 Å². The van der Waals surface area contributed by atoms with Gasteiger partial charge in [-0.3, -0.25) is 15.2 Å². The Labute approximate surface area is 100 Å². The number of hydrogen-bond donors (Lipinski definition) is 2. The van der Waals surface area contributed by atoms with Crippen LogP contribution in [0.5, 0.6) is 0 Å². The van der Waals surface area contributed by atoms with Crippen molar-refractivity contribution in [2.75, 3.05) is 14.1 Å². The van der Waals surface area contributed by atoms with Gasteiger partial charge in [0.2, 0.25) is 5.91 Å². The molecule has 92 valence electrons. The maximum absolute atomic E-state index is 11.0. The minimum absolute atomic E-state index is 0.165. The lowest BCUT2D eigenvalue weighted by Crippen LogP contribution is -2.30. The third-order valence-corrected chi connectivity index (χ3v) is 2.08. The monoisotopic (exact) mass is 235 g/mol. The van der Waals surface area contributed by atoms with E-state index in [0.29, 0.717) is 12.8 Å². The molecule has 0 aromatic heterocycles. The summed E-state index contributed by atoms with van der Waals surface area (Å²) in [5.74, 6) is 4.83. The maximum Gasteiger partial charge on any atom is 0.234 e. The summed E-state index contributed by atoms with van der Waals surface area (Å²) < 4.78 is 0. The first-order valence-corrected chi connectivity index (χ1v) is 5.29. The van der Waals surface area contributed by atoms with Crippen molar-refractivity contribution in [3.8, 4) is 0 Å². The van der Waals surface area contributed by atoms with E-state index in [9.17, 15) is 4.79 Å². The third kappa shape index (κ3) is 5.07. The molecule has 6 heteroatoms. The van der Waals surface area contributed by atoms with Crippen molar-refractivity contribution in [1.29, 1.82) is 0 Å². The van der Waals surface area contributed by atoms with Crippen LogP contribution in [0.3, 0.4) is 0 Å². The Morgan fingerprint density at radius 2 is 2.00 bits per heavy atom. The summed E-state index contributed by atoms with van der Waals surface area (Å²) >= 11 is 0. The van der Waals surface area contributed by atoms with E-state index in [0.717, 1.165) is 11.3 Å². The third-order valence-electron chi connectivity index (χ3n) is 2.08.